The summed E-state index contributed by atoms with van der Waals surface area (Å²) in [6.07, 6.45) is 1.82. The van der Waals surface area contributed by atoms with E-state index in [1.165, 1.54) is 23.5 Å². The molecule has 1 saturated heterocycles. The Hall–Kier alpha value is -2.32. The number of non-ortho nitro benzene ring substituents is 1. The molecule has 1 aliphatic heterocycles. The molecule has 1 unspecified atom stereocenters. The molecule has 0 spiro atoms. The lowest BCUT2D eigenvalue weighted by molar-refractivity contribution is -0.384. The Morgan fingerprint density at radius 3 is 2.80 bits per heavy atom. The summed E-state index contributed by atoms with van der Waals surface area (Å²) in [5, 5.41) is 13.2. The minimum absolute atomic E-state index is 0.0125. The number of amides is 1. The van der Waals surface area contributed by atoms with Gasteiger partial charge in [-0.3, -0.25) is 14.9 Å². The highest BCUT2D eigenvalue weighted by Gasteiger charge is 2.26. The normalized spacial score (nSPS) is 16.6. The smallest absolute Gasteiger partial charge is 0.273 e. The van der Waals surface area contributed by atoms with Crippen LogP contribution in [0.2, 0.25) is 0 Å². The average Bonchev–Trinajstić information content (AvgIpc) is 3.11. The van der Waals surface area contributed by atoms with Gasteiger partial charge in [-0.05, 0) is 25.7 Å². The van der Waals surface area contributed by atoms with E-state index in [4.69, 9.17) is 5.73 Å². The number of benzene rings is 1. The van der Waals surface area contributed by atoms with Crippen molar-refractivity contribution < 1.29 is 9.72 Å². The SMILES string of the molecule is CC(N)C1CCN(C(=O)c2csc(-c3cccc([N+](=O)[O-])c3)n2)CC1. The van der Waals surface area contributed by atoms with E-state index >= 15 is 0 Å². The third-order valence-electron chi connectivity index (χ3n) is 4.60. The molecule has 1 atom stereocenters. The van der Waals surface area contributed by atoms with Gasteiger partial charge < -0.3 is 10.6 Å². The number of likely N-dealkylation sites (tertiary alicyclic amines) is 1. The summed E-state index contributed by atoms with van der Waals surface area (Å²) in [6.45, 7) is 3.39. The maximum atomic E-state index is 12.6. The van der Waals surface area contributed by atoms with E-state index in [1.807, 2.05) is 11.8 Å². The molecule has 2 aromatic rings. The standard InChI is InChI=1S/C17H20N4O3S/c1-11(18)12-5-7-20(8-6-12)17(22)15-10-25-16(19-15)13-3-2-4-14(9-13)21(23)24/h2-4,9-12H,5-8,18H2,1H3. The summed E-state index contributed by atoms with van der Waals surface area (Å²) in [4.78, 5) is 29.3. The van der Waals surface area contributed by atoms with Crippen molar-refractivity contribution in [3.8, 4) is 10.6 Å². The van der Waals surface area contributed by atoms with E-state index < -0.39 is 4.92 Å². The van der Waals surface area contributed by atoms with Gasteiger partial charge in [0.05, 0.1) is 4.92 Å². The summed E-state index contributed by atoms with van der Waals surface area (Å²) in [6, 6.07) is 6.44. The number of aromatic nitrogens is 1. The maximum absolute atomic E-state index is 12.6. The average molecular weight is 360 g/mol. The molecule has 1 fully saturated rings. The fourth-order valence-electron chi connectivity index (χ4n) is 3.05. The number of nitrogens with two attached hydrogens (primary N) is 1. The van der Waals surface area contributed by atoms with Crippen LogP contribution >= 0.6 is 11.3 Å². The molecule has 3 rings (SSSR count). The van der Waals surface area contributed by atoms with Crippen LogP contribution in [0.15, 0.2) is 29.6 Å². The predicted molar refractivity (Wildman–Crippen MR) is 96.5 cm³/mol. The molecule has 25 heavy (non-hydrogen) atoms. The first-order valence-electron chi connectivity index (χ1n) is 8.21. The Labute approximate surface area is 149 Å². The first kappa shape index (κ1) is 17.5. The molecule has 1 aliphatic rings. The minimum atomic E-state index is -0.439. The summed E-state index contributed by atoms with van der Waals surface area (Å²) < 4.78 is 0. The first-order valence-corrected chi connectivity index (χ1v) is 9.09. The summed E-state index contributed by atoms with van der Waals surface area (Å²) in [7, 11) is 0. The van der Waals surface area contributed by atoms with E-state index in [0.29, 0.717) is 35.3 Å². The topological polar surface area (TPSA) is 102 Å². The number of hydrogen-bond acceptors (Lipinski definition) is 6. The molecular formula is C17H20N4O3S. The molecule has 2 heterocycles. The molecule has 132 valence electrons. The van der Waals surface area contributed by atoms with Crippen LogP contribution in [0.1, 0.15) is 30.3 Å². The summed E-state index contributed by atoms with van der Waals surface area (Å²) in [5.41, 5.74) is 6.99. The van der Waals surface area contributed by atoms with Gasteiger partial charge in [0, 0.05) is 42.2 Å². The van der Waals surface area contributed by atoms with E-state index in [9.17, 15) is 14.9 Å². The number of thiazole rings is 1. The van der Waals surface area contributed by atoms with Crippen molar-refractivity contribution in [2.75, 3.05) is 13.1 Å². The van der Waals surface area contributed by atoms with E-state index in [1.54, 1.807) is 17.5 Å². The molecule has 1 aromatic carbocycles. The van der Waals surface area contributed by atoms with Crippen molar-refractivity contribution in [2.45, 2.75) is 25.8 Å². The maximum Gasteiger partial charge on any atom is 0.273 e. The molecular weight excluding hydrogens is 340 g/mol. The van der Waals surface area contributed by atoms with Gasteiger partial charge in [0.15, 0.2) is 0 Å². The molecule has 8 heteroatoms. The number of hydrogen-bond donors (Lipinski definition) is 1. The van der Waals surface area contributed by atoms with Gasteiger partial charge in [-0.25, -0.2) is 4.98 Å². The van der Waals surface area contributed by atoms with Crippen LogP contribution in [-0.2, 0) is 0 Å². The Morgan fingerprint density at radius 2 is 2.16 bits per heavy atom. The Morgan fingerprint density at radius 1 is 1.44 bits per heavy atom. The quantitative estimate of drug-likeness (QED) is 0.667. The van der Waals surface area contributed by atoms with Crippen LogP contribution in [0, 0.1) is 16.0 Å². The van der Waals surface area contributed by atoms with Gasteiger partial charge in [0.1, 0.15) is 10.7 Å². The molecule has 1 aromatic heterocycles. The third-order valence-corrected chi connectivity index (χ3v) is 5.49. The van der Waals surface area contributed by atoms with Crippen LogP contribution in [-0.4, -0.2) is 39.8 Å². The van der Waals surface area contributed by atoms with E-state index in [0.717, 1.165) is 12.8 Å². The zero-order valence-electron chi connectivity index (χ0n) is 13.9. The zero-order chi connectivity index (χ0) is 18.0. The van der Waals surface area contributed by atoms with Crippen molar-refractivity contribution >= 4 is 22.9 Å². The van der Waals surface area contributed by atoms with Crippen LogP contribution in [0.4, 0.5) is 5.69 Å². The Bertz CT molecular complexity index is 782. The van der Waals surface area contributed by atoms with Crippen LogP contribution in [0.3, 0.4) is 0 Å². The number of nitrogens with zero attached hydrogens (tertiary/aromatic N) is 3. The van der Waals surface area contributed by atoms with Gasteiger partial charge in [-0.1, -0.05) is 12.1 Å². The van der Waals surface area contributed by atoms with Crippen molar-refractivity contribution in [1.29, 1.82) is 0 Å². The van der Waals surface area contributed by atoms with Crippen LogP contribution in [0.5, 0.6) is 0 Å². The highest BCUT2D eigenvalue weighted by molar-refractivity contribution is 7.13. The second-order valence-electron chi connectivity index (χ2n) is 6.33. The molecule has 0 bridgehead atoms. The second-order valence-corrected chi connectivity index (χ2v) is 7.19. The molecule has 0 saturated carbocycles. The minimum Gasteiger partial charge on any atom is -0.337 e. The number of nitro benzene ring substituents is 1. The lowest BCUT2D eigenvalue weighted by Crippen LogP contribution is -2.42. The first-order chi connectivity index (χ1) is 12.0. The molecule has 0 aliphatic carbocycles. The lowest BCUT2D eigenvalue weighted by Gasteiger charge is -2.33. The van der Waals surface area contributed by atoms with Gasteiger partial charge in [0.2, 0.25) is 0 Å². The lowest BCUT2D eigenvalue weighted by atomic mass is 9.91. The molecule has 2 N–H and O–H groups in total. The van der Waals surface area contributed by atoms with Crippen molar-refractivity contribution in [1.82, 2.24) is 9.88 Å². The summed E-state index contributed by atoms with van der Waals surface area (Å²) >= 11 is 1.32. The fraction of sp³-hybridized carbons (Fsp3) is 0.412. The largest absolute Gasteiger partial charge is 0.337 e. The molecule has 0 radical (unpaired) electrons. The number of piperidine rings is 1. The highest BCUT2D eigenvalue weighted by Crippen LogP contribution is 2.28. The second kappa shape index (κ2) is 7.28. The number of nitro groups is 1. The van der Waals surface area contributed by atoms with Crippen molar-refractivity contribution in [3.05, 3.63) is 45.5 Å². The summed E-state index contributed by atoms with van der Waals surface area (Å²) in [5.74, 6) is 0.371. The Balaban J connectivity index is 1.72. The van der Waals surface area contributed by atoms with E-state index in [2.05, 4.69) is 4.98 Å². The monoisotopic (exact) mass is 360 g/mol. The van der Waals surface area contributed by atoms with Crippen LogP contribution in [0.25, 0.3) is 10.6 Å². The number of rotatable bonds is 4. The molecule has 1 amide bonds. The van der Waals surface area contributed by atoms with E-state index in [-0.39, 0.29) is 17.6 Å². The fourth-order valence-corrected chi connectivity index (χ4v) is 3.84. The zero-order valence-corrected chi connectivity index (χ0v) is 14.7. The Kier molecular flexibility index (Phi) is 5.10. The van der Waals surface area contributed by atoms with Crippen molar-refractivity contribution in [2.24, 2.45) is 11.7 Å². The predicted octanol–water partition coefficient (Wildman–Crippen LogP) is 2.92. The molecule has 7 nitrogen and oxygen atoms in total. The van der Waals surface area contributed by atoms with Gasteiger partial charge in [-0.15, -0.1) is 11.3 Å². The highest BCUT2D eigenvalue weighted by atomic mass is 32.1. The number of carbonyl (C=O) groups is 1. The van der Waals surface area contributed by atoms with Gasteiger partial charge in [-0.2, -0.15) is 0 Å². The third kappa shape index (κ3) is 3.85. The van der Waals surface area contributed by atoms with Gasteiger partial charge in [0.25, 0.3) is 11.6 Å². The van der Waals surface area contributed by atoms with Gasteiger partial charge >= 0.3 is 0 Å². The van der Waals surface area contributed by atoms with Crippen LogP contribution < -0.4 is 5.73 Å². The van der Waals surface area contributed by atoms with Crippen molar-refractivity contribution in [3.63, 3.8) is 0 Å². The number of carbonyl (C=O) groups excluding carboxylic acids is 1.